The highest BCUT2D eigenvalue weighted by Gasteiger charge is 2.19. The van der Waals surface area contributed by atoms with Crippen molar-refractivity contribution in [1.82, 2.24) is 0 Å². The molecule has 0 aliphatic carbocycles. The van der Waals surface area contributed by atoms with Crippen LogP contribution in [0.4, 0.5) is 0 Å². The predicted octanol–water partition coefficient (Wildman–Crippen LogP) is 24.2. The van der Waals surface area contributed by atoms with Gasteiger partial charge >= 0.3 is 17.9 Å². The molecule has 0 aliphatic heterocycles. The number of unbranched alkanes of at least 4 members (excludes halogenated alkanes) is 39. The second kappa shape index (κ2) is 69.1. The van der Waals surface area contributed by atoms with E-state index in [9.17, 15) is 14.4 Å². The molecule has 0 saturated carbocycles. The van der Waals surface area contributed by atoms with Gasteiger partial charge in [-0.15, -0.1) is 0 Å². The first-order valence-corrected chi connectivity index (χ1v) is 35.1. The van der Waals surface area contributed by atoms with Crippen molar-refractivity contribution in [3.05, 3.63) is 85.1 Å². The van der Waals surface area contributed by atoms with Crippen molar-refractivity contribution in [1.29, 1.82) is 0 Å². The molecule has 0 rings (SSSR count). The summed E-state index contributed by atoms with van der Waals surface area (Å²) in [4.78, 5) is 38.4. The van der Waals surface area contributed by atoms with E-state index in [1.54, 1.807) is 0 Å². The molecule has 0 aromatic heterocycles. The summed E-state index contributed by atoms with van der Waals surface area (Å²) >= 11 is 0. The van der Waals surface area contributed by atoms with Gasteiger partial charge in [-0.2, -0.15) is 0 Å². The molecule has 0 amide bonds. The van der Waals surface area contributed by atoms with Crippen molar-refractivity contribution >= 4 is 17.9 Å². The van der Waals surface area contributed by atoms with E-state index in [1.165, 1.54) is 205 Å². The zero-order chi connectivity index (χ0) is 58.5. The quantitative estimate of drug-likeness (QED) is 0.0261. The minimum absolute atomic E-state index is 0.0891. The van der Waals surface area contributed by atoms with Crippen LogP contribution < -0.4 is 0 Å². The zero-order valence-corrected chi connectivity index (χ0v) is 53.8. The minimum atomic E-state index is -0.797. The number of carbonyl (C=O) groups is 3. The molecule has 6 heteroatoms. The molecule has 1 unspecified atom stereocenters. The molecule has 0 heterocycles. The number of hydrogen-bond donors (Lipinski definition) is 0. The number of hydrogen-bond acceptors (Lipinski definition) is 6. The molecule has 0 saturated heterocycles. The van der Waals surface area contributed by atoms with Crippen molar-refractivity contribution in [3.8, 4) is 0 Å². The van der Waals surface area contributed by atoms with Gasteiger partial charge in [0, 0.05) is 19.3 Å². The highest BCUT2D eigenvalue weighted by Crippen LogP contribution is 2.17. The Labute approximate surface area is 503 Å². The SMILES string of the molecule is CC/C=C\C/C=C\C/C=C\CCCCCC(=O)OCC(COC(=O)CCCCCCCCCCCCCCCCCCCCC/C=C\CCCCCCCCCC)OC(=O)CCCCCCCC/C=C\C/C=C\C/C=C\CCCCC. The fourth-order valence-electron chi connectivity index (χ4n) is 10.1. The fraction of sp³-hybridized carbons (Fsp3) is 0.773. The van der Waals surface area contributed by atoms with E-state index in [1.807, 2.05) is 0 Å². The average Bonchev–Trinajstić information content (AvgIpc) is 3.46. The third-order valence-corrected chi connectivity index (χ3v) is 15.4. The van der Waals surface area contributed by atoms with Crippen LogP contribution in [0.25, 0.3) is 0 Å². The van der Waals surface area contributed by atoms with E-state index in [0.29, 0.717) is 19.3 Å². The van der Waals surface area contributed by atoms with Crippen LogP contribution in [0.2, 0.25) is 0 Å². The van der Waals surface area contributed by atoms with Gasteiger partial charge < -0.3 is 14.2 Å². The van der Waals surface area contributed by atoms with Gasteiger partial charge in [-0.05, 0) is 116 Å². The molecule has 0 bridgehead atoms. The molecule has 0 radical (unpaired) electrons. The molecule has 0 aromatic rings. The Morgan fingerprint density at radius 3 is 0.802 bits per heavy atom. The second-order valence-electron chi connectivity index (χ2n) is 23.4. The van der Waals surface area contributed by atoms with Crippen molar-refractivity contribution in [3.63, 3.8) is 0 Å². The lowest BCUT2D eigenvalue weighted by Gasteiger charge is -2.18. The maximum Gasteiger partial charge on any atom is 0.306 e. The highest BCUT2D eigenvalue weighted by atomic mass is 16.6. The largest absolute Gasteiger partial charge is 0.462 e. The van der Waals surface area contributed by atoms with E-state index in [2.05, 4.69) is 106 Å². The summed E-state index contributed by atoms with van der Waals surface area (Å²) in [6, 6.07) is 0. The van der Waals surface area contributed by atoms with Crippen molar-refractivity contribution < 1.29 is 28.6 Å². The normalized spacial score (nSPS) is 12.6. The van der Waals surface area contributed by atoms with Gasteiger partial charge in [-0.3, -0.25) is 14.4 Å². The predicted molar refractivity (Wildman–Crippen MR) is 353 cm³/mol. The van der Waals surface area contributed by atoms with Crippen LogP contribution >= 0.6 is 0 Å². The van der Waals surface area contributed by atoms with Crippen LogP contribution in [-0.4, -0.2) is 37.2 Å². The second-order valence-corrected chi connectivity index (χ2v) is 23.4. The van der Waals surface area contributed by atoms with Gasteiger partial charge in [0.05, 0.1) is 0 Å². The first-order chi connectivity index (χ1) is 40.0. The zero-order valence-electron chi connectivity index (χ0n) is 53.8. The fourth-order valence-corrected chi connectivity index (χ4v) is 10.1. The first-order valence-electron chi connectivity index (χ1n) is 35.1. The van der Waals surface area contributed by atoms with Crippen molar-refractivity contribution in [2.75, 3.05) is 13.2 Å². The summed E-state index contributed by atoms with van der Waals surface area (Å²) in [7, 11) is 0. The Morgan fingerprint density at radius 1 is 0.259 bits per heavy atom. The van der Waals surface area contributed by atoms with E-state index in [0.717, 1.165) is 109 Å². The summed E-state index contributed by atoms with van der Waals surface area (Å²) in [5.74, 6) is -0.918. The lowest BCUT2D eigenvalue weighted by atomic mass is 10.0. The van der Waals surface area contributed by atoms with Crippen LogP contribution in [0, 0.1) is 0 Å². The Morgan fingerprint density at radius 2 is 0.481 bits per heavy atom. The Balaban J connectivity index is 4.21. The van der Waals surface area contributed by atoms with E-state index in [4.69, 9.17) is 14.2 Å². The molecule has 468 valence electrons. The van der Waals surface area contributed by atoms with Gasteiger partial charge in [0.25, 0.3) is 0 Å². The van der Waals surface area contributed by atoms with Crippen LogP contribution in [0.5, 0.6) is 0 Å². The number of esters is 3. The van der Waals surface area contributed by atoms with Gasteiger partial charge in [0.2, 0.25) is 0 Å². The molecule has 0 spiro atoms. The minimum Gasteiger partial charge on any atom is -0.462 e. The van der Waals surface area contributed by atoms with Crippen LogP contribution in [0.15, 0.2) is 85.1 Å². The molecule has 0 aromatic carbocycles. The lowest BCUT2D eigenvalue weighted by molar-refractivity contribution is -0.167. The highest BCUT2D eigenvalue weighted by molar-refractivity contribution is 5.71. The van der Waals surface area contributed by atoms with Gasteiger partial charge in [-0.1, -0.05) is 305 Å². The number of rotatable bonds is 64. The molecule has 81 heavy (non-hydrogen) atoms. The standard InChI is InChI=1S/C75H132O6/c1-4-7-10-13-16-19-22-25-27-29-31-32-33-34-35-36-37-38-39-40-41-42-44-45-47-50-53-56-59-62-65-68-74(77)80-71-72(70-79-73(76)67-64-61-58-55-52-49-24-21-18-15-12-9-6-3)81-75(78)69-66-63-60-57-54-51-48-46-43-30-28-26-23-20-17-14-11-8-5-2/h9,12,17-18,20-21,26,28-29,31,43,46,49,52,72H,4-8,10-11,13-16,19,22-25,27,30,32-42,44-45,47-48,50-51,53-71H2,1-3H3/b12-9-,20-17-,21-18-,28-26-,31-29-,46-43-,52-49-. The Bertz CT molecular complexity index is 1530. The summed E-state index contributed by atoms with van der Waals surface area (Å²) in [6.45, 7) is 6.50. The molecule has 0 N–H and O–H groups in total. The van der Waals surface area contributed by atoms with Crippen molar-refractivity contribution in [2.45, 2.75) is 361 Å². The van der Waals surface area contributed by atoms with E-state index >= 15 is 0 Å². The van der Waals surface area contributed by atoms with Gasteiger partial charge in [0.1, 0.15) is 13.2 Å². The average molecular weight is 1130 g/mol. The molecular weight excluding hydrogens is 997 g/mol. The van der Waals surface area contributed by atoms with E-state index in [-0.39, 0.29) is 31.1 Å². The van der Waals surface area contributed by atoms with Gasteiger partial charge in [0.15, 0.2) is 6.10 Å². The van der Waals surface area contributed by atoms with Crippen LogP contribution in [0.3, 0.4) is 0 Å². The molecule has 0 fully saturated rings. The lowest BCUT2D eigenvalue weighted by Crippen LogP contribution is -2.30. The van der Waals surface area contributed by atoms with Gasteiger partial charge in [-0.25, -0.2) is 0 Å². The Kier molecular flexibility index (Phi) is 66.2. The maximum absolute atomic E-state index is 12.9. The van der Waals surface area contributed by atoms with Crippen LogP contribution in [0.1, 0.15) is 355 Å². The third kappa shape index (κ3) is 67.3. The molecule has 6 nitrogen and oxygen atoms in total. The smallest absolute Gasteiger partial charge is 0.306 e. The molecule has 0 aliphatic rings. The number of carbonyl (C=O) groups excluding carboxylic acids is 3. The summed E-state index contributed by atoms with van der Waals surface area (Å²) in [6.07, 6.45) is 92.0. The number of allylic oxidation sites excluding steroid dienone is 14. The summed E-state index contributed by atoms with van der Waals surface area (Å²) in [5.41, 5.74) is 0. The number of ether oxygens (including phenoxy) is 3. The summed E-state index contributed by atoms with van der Waals surface area (Å²) < 4.78 is 16.9. The monoisotopic (exact) mass is 1130 g/mol. The Hall–Kier alpha value is -3.41. The summed E-state index contributed by atoms with van der Waals surface area (Å²) in [5, 5.41) is 0. The third-order valence-electron chi connectivity index (χ3n) is 15.4. The molecular formula is C75H132O6. The molecule has 1 atom stereocenters. The maximum atomic E-state index is 12.9. The topological polar surface area (TPSA) is 78.9 Å². The van der Waals surface area contributed by atoms with Crippen molar-refractivity contribution in [2.24, 2.45) is 0 Å². The van der Waals surface area contributed by atoms with Crippen LogP contribution in [-0.2, 0) is 28.6 Å². The van der Waals surface area contributed by atoms with E-state index < -0.39 is 6.10 Å². The first kappa shape index (κ1) is 77.6.